The highest BCUT2D eigenvalue weighted by Crippen LogP contribution is 2.19. The fourth-order valence-corrected chi connectivity index (χ4v) is 3.53. The predicted octanol–water partition coefficient (Wildman–Crippen LogP) is 2.99. The van der Waals surface area contributed by atoms with E-state index >= 15 is 0 Å². The average molecular weight is 407 g/mol. The van der Waals surface area contributed by atoms with Crippen molar-refractivity contribution in [3.05, 3.63) is 65.5 Å². The van der Waals surface area contributed by atoms with E-state index in [1.807, 2.05) is 0 Å². The Bertz CT molecular complexity index is 907. The maximum atomic E-state index is 13.2. The first-order valence-electron chi connectivity index (χ1n) is 8.95. The molecular formula is C20H22FNO5S. The maximum Gasteiger partial charge on any atom is 0.306 e. The van der Waals surface area contributed by atoms with Gasteiger partial charge in [0.2, 0.25) is 0 Å². The summed E-state index contributed by atoms with van der Waals surface area (Å²) in [6.07, 6.45) is 2.79. The summed E-state index contributed by atoms with van der Waals surface area (Å²) in [5.74, 6) is -0.405. The van der Waals surface area contributed by atoms with Crippen molar-refractivity contribution >= 4 is 16.0 Å². The number of carbonyl (C=O) groups excluding carboxylic acids is 1. The number of ether oxygens (including phenoxy) is 1. The van der Waals surface area contributed by atoms with Gasteiger partial charge in [-0.1, -0.05) is 12.1 Å². The first kappa shape index (κ1) is 20.3. The normalized spacial score (nSPS) is 16.7. The molecule has 3 rings (SSSR count). The molecule has 1 saturated heterocycles. The summed E-state index contributed by atoms with van der Waals surface area (Å²) >= 11 is 0. The average Bonchev–Trinajstić information content (AvgIpc) is 3.15. The van der Waals surface area contributed by atoms with Gasteiger partial charge in [-0.05, 0) is 54.8 Å². The molecule has 0 N–H and O–H groups in total. The summed E-state index contributed by atoms with van der Waals surface area (Å²) < 4.78 is 46.1. The molecule has 0 aromatic heterocycles. The quantitative estimate of drug-likeness (QED) is 0.660. The highest BCUT2D eigenvalue weighted by molar-refractivity contribution is 7.86. The van der Waals surface area contributed by atoms with Crippen LogP contribution in [-0.4, -0.2) is 44.7 Å². The minimum Gasteiger partial charge on any atom is -0.383 e. The third kappa shape index (κ3) is 5.77. The van der Waals surface area contributed by atoms with Crippen LogP contribution in [0.2, 0.25) is 0 Å². The summed E-state index contributed by atoms with van der Waals surface area (Å²) in [6.45, 7) is 1.42. The van der Waals surface area contributed by atoms with E-state index in [2.05, 4.69) is 0 Å². The smallest absolute Gasteiger partial charge is 0.306 e. The second-order valence-corrected chi connectivity index (χ2v) is 8.33. The first-order valence-corrected chi connectivity index (χ1v) is 10.8. The van der Waals surface area contributed by atoms with Crippen LogP contribution in [0.1, 0.15) is 28.8 Å². The van der Waals surface area contributed by atoms with Crippen LogP contribution in [-0.2, 0) is 21.4 Å². The van der Waals surface area contributed by atoms with Crippen molar-refractivity contribution in [2.24, 2.45) is 0 Å². The lowest BCUT2D eigenvalue weighted by Gasteiger charge is -2.26. The highest BCUT2D eigenvalue weighted by atomic mass is 32.2. The van der Waals surface area contributed by atoms with Crippen LogP contribution >= 0.6 is 0 Å². The molecule has 6 nitrogen and oxygen atoms in total. The van der Waals surface area contributed by atoms with Crippen LogP contribution in [0.4, 0.5) is 4.39 Å². The zero-order chi connectivity index (χ0) is 20.1. The van der Waals surface area contributed by atoms with Gasteiger partial charge in [-0.2, -0.15) is 8.42 Å². The summed E-state index contributed by atoms with van der Waals surface area (Å²) in [6, 6.07) is 11.9. The van der Waals surface area contributed by atoms with E-state index in [1.165, 1.54) is 24.3 Å². The van der Waals surface area contributed by atoms with Gasteiger partial charge in [-0.25, -0.2) is 4.39 Å². The van der Waals surface area contributed by atoms with Crippen molar-refractivity contribution < 1.29 is 26.5 Å². The zero-order valence-electron chi connectivity index (χ0n) is 15.5. The fraction of sp³-hybridized carbons (Fsp3) is 0.350. The van der Waals surface area contributed by atoms with E-state index < -0.39 is 15.9 Å². The summed E-state index contributed by atoms with van der Waals surface area (Å²) in [4.78, 5) is 14.6. The van der Waals surface area contributed by atoms with Crippen molar-refractivity contribution in [1.82, 2.24) is 4.90 Å². The Morgan fingerprint density at radius 3 is 2.43 bits per heavy atom. The van der Waals surface area contributed by atoms with Gasteiger partial charge in [0.15, 0.2) is 0 Å². The SMILES string of the molecule is CS(=O)(=O)Oc1ccc(CN(CC2CCCO2)C(=O)c2ccc(F)cc2)cc1. The lowest BCUT2D eigenvalue weighted by Crippen LogP contribution is -2.37. The van der Waals surface area contributed by atoms with Crippen molar-refractivity contribution in [3.63, 3.8) is 0 Å². The lowest BCUT2D eigenvalue weighted by atomic mass is 10.1. The molecule has 1 heterocycles. The Labute approximate surface area is 164 Å². The third-order valence-corrected chi connectivity index (χ3v) is 4.87. The zero-order valence-corrected chi connectivity index (χ0v) is 16.3. The van der Waals surface area contributed by atoms with Crippen LogP contribution in [0.5, 0.6) is 5.75 Å². The van der Waals surface area contributed by atoms with Crippen molar-refractivity contribution in [2.45, 2.75) is 25.5 Å². The molecule has 0 radical (unpaired) electrons. The fourth-order valence-electron chi connectivity index (χ4n) is 3.07. The molecule has 0 aliphatic carbocycles. The van der Waals surface area contributed by atoms with E-state index in [4.69, 9.17) is 8.92 Å². The highest BCUT2D eigenvalue weighted by Gasteiger charge is 2.24. The van der Waals surface area contributed by atoms with Crippen molar-refractivity contribution in [2.75, 3.05) is 19.4 Å². The van der Waals surface area contributed by atoms with Gasteiger partial charge in [0.25, 0.3) is 5.91 Å². The number of hydrogen-bond acceptors (Lipinski definition) is 5. The molecule has 1 aliphatic rings. The minimum atomic E-state index is -3.59. The Morgan fingerprint density at radius 2 is 1.86 bits per heavy atom. The number of halogens is 1. The molecule has 1 aliphatic heterocycles. The topological polar surface area (TPSA) is 72.9 Å². The van der Waals surface area contributed by atoms with E-state index in [-0.39, 0.29) is 17.8 Å². The monoisotopic (exact) mass is 407 g/mol. The number of carbonyl (C=O) groups is 1. The Balaban J connectivity index is 1.76. The van der Waals surface area contributed by atoms with Crippen molar-refractivity contribution in [1.29, 1.82) is 0 Å². The van der Waals surface area contributed by atoms with E-state index in [0.29, 0.717) is 25.3 Å². The predicted molar refractivity (Wildman–Crippen MR) is 102 cm³/mol. The molecule has 2 aromatic rings. The number of nitrogens with zero attached hydrogens (tertiary/aromatic N) is 1. The molecule has 150 valence electrons. The van der Waals surface area contributed by atoms with E-state index in [0.717, 1.165) is 24.7 Å². The second kappa shape index (κ2) is 8.70. The second-order valence-electron chi connectivity index (χ2n) is 6.76. The van der Waals surface area contributed by atoms with Crippen LogP contribution in [0.25, 0.3) is 0 Å². The van der Waals surface area contributed by atoms with E-state index in [1.54, 1.807) is 29.2 Å². The molecule has 8 heteroatoms. The van der Waals surface area contributed by atoms with Gasteiger partial charge in [0.05, 0.1) is 12.4 Å². The largest absolute Gasteiger partial charge is 0.383 e. The maximum absolute atomic E-state index is 13.2. The number of hydrogen-bond donors (Lipinski definition) is 0. The standard InChI is InChI=1S/C20H22FNO5S/c1-28(24,25)27-18-10-4-15(5-11-18)13-22(14-19-3-2-12-26-19)20(23)16-6-8-17(21)9-7-16/h4-11,19H,2-3,12-14H2,1H3. The van der Waals surface area contributed by atoms with Crippen LogP contribution < -0.4 is 4.18 Å². The Morgan fingerprint density at radius 1 is 1.18 bits per heavy atom. The number of amides is 1. The molecule has 1 fully saturated rings. The van der Waals surface area contributed by atoms with Crippen LogP contribution in [0.15, 0.2) is 48.5 Å². The lowest BCUT2D eigenvalue weighted by molar-refractivity contribution is 0.0507. The summed E-state index contributed by atoms with van der Waals surface area (Å²) in [5, 5.41) is 0. The number of benzene rings is 2. The number of rotatable bonds is 7. The van der Waals surface area contributed by atoms with Gasteiger partial charge in [0.1, 0.15) is 11.6 Å². The van der Waals surface area contributed by atoms with Gasteiger partial charge in [-0.15, -0.1) is 0 Å². The minimum absolute atomic E-state index is 0.0303. The Kier molecular flexibility index (Phi) is 6.31. The van der Waals surface area contributed by atoms with Crippen molar-refractivity contribution in [3.8, 4) is 5.75 Å². The summed E-state index contributed by atoms with van der Waals surface area (Å²) in [5.41, 5.74) is 1.21. The first-order chi connectivity index (χ1) is 13.3. The molecule has 28 heavy (non-hydrogen) atoms. The molecule has 1 amide bonds. The molecule has 1 unspecified atom stereocenters. The van der Waals surface area contributed by atoms with E-state index in [9.17, 15) is 17.6 Å². The molecule has 0 saturated carbocycles. The van der Waals surface area contributed by atoms with Crippen LogP contribution in [0.3, 0.4) is 0 Å². The molecule has 2 aromatic carbocycles. The van der Waals surface area contributed by atoms with Gasteiger partial charge in [0, 0.05) is 25.3 Å². The van der Waals surface area contributed by atoms with Gasteiger partial charge < -0.3 is 13.8 Å². The van der Waals surface area contributed by atoms with Crippen LogP contribution in [0, 0.1) is 5.82 Å². The molecular weight excluding hydrogens is 385 g/mol. The van der Waals surface area contributed by atoms with Gasteiger partial charge in [-0.3, -0.25) is 4.79 Å². The summed E-state index contributed by atoms with van der Waals surface area (Å²) in [7, 11) is -3.59. The third-order valence-electron chi connectivity index (χ3n) is 4.37. The van der Waals surface area contributed by atoms with Gasteiger partial charge >= 0.3 is 10.1 Å². The Hall–Kier alpha value is -2.45. The molecule has 1 atom stereocenters. The molecule has 0 bridgehead atoms. The molecule has 0 spiro atoms.